The highest BCUT2D eigenvalue weighted by Gasteiger charge is 2.47. The van der Waals surface area contributed by atoms with Crippen molar-refractivity contribution >= 4 is 5.97 Å². The van der Waals surface area contributed by atoms with Crippen molar-refractivity contribution in [3.63, 3.8) is 0 Å². The van der Waals surface area contributed by atoms with Crippen LogP contribution in [0, 0.1) is 17.3 Å². The van der Waals surface area contributed by atoms with E-state index >= 15 is 0 Å². The van der Waals surface area contributed by atoms with E-state index in [1.54, 1.807) is 0 Å². The number of carboxylic acids is 1. The van der Waals surface area contributed by atoms with Crippen LogP contribution in [0.4, 0.5) is 0 Å². The Morgan fingerprint density at radius 1 is 1.31 bits per heavy atom. The number of carboxylic acid groups (broad SMARTS) is 1. The van der Waals surface area contributed by atoms with E-state index in [1.165, 1.54) is 0 Å². The lowest BCUT2D eigenvalue weighted by molar-refractivity contribution is -0.137. The lowest BCUT2D eigenvalue weighted by Crippen LogP contribution is -2.31. The molecule has 0 saturated carbocycles. The number of carbonyl (C=O) groups is 1. The van der Waals surface area contributed by atoms with Crippen LogP contribution in [0.25, 0.3) is 0 Å². The van der Waals surface area contributed by atoms with Gasteiger partial charge in [-0.15, -0.1) is 0 Å². The first-order valence-electron chi connectivity index (χ1n) is 10.2. The number of hydrogen-bond donors (Lipinski definition) is 2. The molecule has 2 bridgehead atoms. The van der Waals surface area contributed by atoms with Crippen LogP contribution < -0.4 is 0 Å². The average molecular weight is 369 g/mol. The summed E-state index contributed by atoms with van der Waals surface area (Å²) in [5.41, 5.74) is -0.117. The van der Waals surface area contributed by atoms with Gasteiger partial charge in [0.25, 0.3) is 0 Å². The normalized spacial score (nSPS) is 29.5. The van der Waals surface area contributed by atoms with Gasteiger partial charge in [-0.05, 0) is 31.1 Å². The molecule has 26 heavy (non-hydrogen) atoms. The van der Waals surface area contributed by atoms with Gasteiger partial charge >= 0.3 is 5.97 Å². The molecule has 2 aliphatic rings. The Labute approximate surface area is 157 Å². The molecule has 2 N–H and O–H groups in total. The van der Waals surface area contributed by atoms with Gasteiger partial charge in [0, 0.05) is 24.9 Å². The van der Waals surface area contributed by atoms with Gasteiger partial charge in [0.2, 0.25) is 0 Å². The van der Waals surface area contributed by atoms with Crippen LogP contribution >= 0.6 is 0 Å². The Hall–Kier alpha value is -0.910. The van der Waals surface area contributed by atoms with Crippen molar-refractivity contribution in [1.29, 1.82) is 0 Å². The number of fused-ring (bicyclic) bond motifs is 2. The molecule has 2 rings (SSSR count). The number of aliphatic hydroxyl groups excluding tert-OH is 1. The molecule has 2 saturated heterocycles. The molecule has 2 heterocycles. The quantitative estimate of drug-likeness (QED) is 0.405. The minimum Gasteiger partial charge on any atom is -0.481 e. The summed E-state index contributed by atoms with van der Waals surface area (Å²) >= 11 is 0. The van der Waals surface area contributed by atoms with E-state index in [9.17, 15) is 9.90 Å². The highest BCUT2D eigenvalue weighted by Crippen LogP contribution is 2.44. The van der Waals surface area contributed by atoms with Gasteiger partial charge in [-0.2, -0.15) is 0 Å². The molecule has 0 amide bonds. The van der Waals surface area contributed by atoms with Crippen LogP contribution in [0.3, 0.4) is 0 Å². The van der Waals surface area contributed by atoms with E-state index in [4.69, 9.17) is 14.6 Å². The minimum atomic E-state index is -0.780. The number of aliphatic hydroxyl groups is 1. The fourth-order valence-electron chi connectivity index (χ4n) is 4.12. The molecule has 0 spiro atoms. The first-order chi connectivity index (χ1) is 12.3. The Bertz CT molecular complexity index is 473. The standard InChI is InChI=1S/C21H36O5/c1-4-5-12-21(2,3)19(22)11-8-15-16(18-10-9-17(15)26-18)14-25-13-6-7-20(23)24/h8,11,15-19,22H,4-7,9-10,12-14H2,1-3H3,(H,23,24)/t15-,16+,17-,18+,19?/m1/s1. The molecule has 0 aromatic carbocycles. The molecule has 150 valence electrons. The molecule has 5 nitrogen and oxygen atoms in total. The zero-order chi connectivity index (χ0) is 19.2. The minimum absolute atomic E-state index is 0.117. The van der Waals surface area contributed by atoms with Gasteiger partial charge in [0.05, 0.1) is 24.9 Å². The number of unbranched alkanes of at least 4 members (excludes halogenated alkanes) is 1. The summed E-state index contributed by atoms with van der Waals surface area (Å²) in [6.45, 7) is 7.50. The zero-order valence-electron chi connectivity index (χ0n) is 16.5. The second-order valence-electron chi connectivity index (χ2n) is 8.53. The maximum Gasteiger partial charge on any atom is 0.303 e. The highest BCUT2D eigenvalue weighted by atomic mass is 16.5. The van der Waals surface area contributed by atoms with Gasteiger partial charge in [-0.1, -0.05) is 45.8 Å². The van der Waals surface area contributed by atoms with Crippen molar-refractivity contribution in [1.82, 2.24) is 0 Å². The third-order valence-corrected chi connectivity index (χ3v) is 5.97. The van der Waals surface area contributed by atoms with Crippen molar-refractivity contribution < 1.29 is 24.5 Å². The van der Waals surface area contributed by atoms with Gasteiger partial charge in [0.15, 0.2) is 0 Å². The van der Waals surface area contributed by atoms with E-state index in [0.29, 0.717) is 25.6 Å². The predicted octanol–water partition coefficient (Wildman–Crippen LogP) is 3.79. The molecule has 2 fully saturated rings. The van der Waals surface area contributed by atoms with Crippen molar-refractivity contribution in [2.75, 3.05) is 13.2 Å². The van der Waals surface area contributed by atoms with E-state index < -0.39 is 12.1 Å². The van der Waals surface area contributed by atoms with Crippen LogP contribution in [0.1, 0.15) is 65.7 Å². The first-order valence-corrected chi connectivity index (χ1v) is 10.2. The third kappa shape index (κ3) is 5.80. The molecular formula is C21H36O5. The monoisotopic (exact) mass is 368 g/mol. The van der Waals surface area contributed by atoms with E-state index in [-0.39, 0.29) is 30.0 Å². The molecule has 0 aromatic rings. The smallest absolute Gasteiger partial charge is 0.303 e. The Balaban J connectivity index is 1.86. The van der Waals surface area contributed by atoms with Crippen LogP contribution in [0.15, 0.2) is 12.2 Å². The summed E-state index contributed by atoms with van der Waals surface area (Å²) in [4.78, 5) is 10.6. The lowest BCUT2D eigenvalue weighted by atomic mass is 9.77. The summed E-state index contributed by atoms with van der Waals surface area (Å²) in [7, 11) is 0. The van der Waals surface area contributed by atoms with E-state index in [0.717, 1.165) is 32.1 Å². The number of hydrogen-bond acceptors (Lipinski definition) is 4. The van der Waals surface area contributed by atoms with Crippen LogP contribution in [-0.4, -0.2) is 47.7 Å². The first kappa shape index (κ1) is 21.4. The summed E-state index contributed by atoms with van der Waals surface area (Å²) in [5.74, 6) is -0.192. The number of rotatable bonds is 12. The topological polar surface area (TPSA) is 76.0 Å². The highest BCUT2D eigenvalue weighted by molar-refractivity contribution is 5.66. The van der Waals surface area contributed by atoms with E-state index in [1.807, 2.05) is 6.08 Å². The molecule has 0 radical (unpaired) electrons. The lowest BCUT2D eigenvalue weighted by Gasteiger charge is -2.30. The van der Waals surface area contributed by atoms with Crippen molar-refractivity contribution in [3.05, 3.63) is 12.2 Å². The molecule has 1 unspecified atom stereocenters. The van der Waals surface area contributed by atoms with Crippen molar-refractivity contribution in [3.8, 4) is 0 Å². The Morgan fingerprint density at radius 2 is 2.04 bits per heavy atom. The van der Waals surface area contributed by atoms with Gasteiger partial charge in [-0.25, -0.2) is 0 Å². The maximum atomic E-state index is 10.6. The van der Waals surface area contributed by atoms with Crippen LogP contribution in [0.5, 0.6) is 0 Å². The van der Waals surface area contributed by atoms with E-state index in [2.05, 4.69) is 26.8 Å². The van der Waals surface area contributed by atoms with Crippen LogP contribution in [-0.2, 0) is 14.3 Å². The molecule has 5 atom stereocenters. The summed E-state index contributed by atoms with van der Waals surface area (Å²) in [6, 6.07) is 0. The van der Waals surface area contributed by atoms with Crippen LogP contribution in [0.2, 0.25) is 0 Å². The van der Waals surface area contributed by atoms with Gasteiger partial charge in [0.1, 0.15) is 0 Å². The Morgan fingerprint density at radius 3 is 2.73 bits per heavy atom. The fourth-order valence-corrected chi connectivity index (χ4v) is 4.12. The van der Waals surface area contributed by atoms with Gasteiger partial charge < -0.3 is 19.7 Å². The zero-order valence-corrected chi connectivity index (χ0v) is 16.5. The molecule has 0 aliphatic carbocycles. The van der Waals surface area contributed by atoms with Crippen molar-refractivity contribution in [2.45, 2.75) is 84.0 Å². The van der Waals surface area contributed by atoms with Gasteiger partial charge in [-0.3, -0.25) is 4.79 Å². The third-order valence-electron chi connectivity index (χ3n) is 5.97. The maximum absolute atomic E-state index is 10.6. The largest absolute Gasteiger partial charge is 0.481 e. The van der Waals surface area contributed by atoms with Crippen molar-refractivity contribution in [2.24, 2.45) is 17.3 Å². The Kier molecular flexibility index (Phi) is 8.11. The SMILES string of the molecule is CCCCC(C)(C)C(O)C=C[C@@H]1[C@H](COCCCC(=O)O)[C@@H]2CC[C@H]1O2. The number of aliphatic carboxylic acids is 1. The molecule has 0 aromatic heterocycles. The summed E-state index contributed by atoms with van der Waals surface area (Å²) in [5, 5.41) is 19.3. The summed E-state index contributed by atoms with van der Waals surface area (Å²) in [6.07, 6.45) is 10.2. The predicted molar refractivity (Wildman–Crippen MR) is 101 cm³/mol. The molecular weight excluding hydrogens is 332 g/mol. The average Bonchev–Trinajstić information content (AvgIpc) is 3.19. The fraction of sp³-hybridized carbons (Fsp3) is 0.857. The number of ether oxygens (including phenoxy) is 2. The second kappa shape index (κ2) is 9.86. The molecule has 5 heteroatoms. The molecule has 2 aliphatic heterocycles. The summed E-state index contributed by atoms with van der Waals surface area (Å²) < 4.78 is 11.8. The second-order valence-corrected chi connectivity index (χ2v) is 8.53.